The van der Waals surface area contributed by atoms with Gasteiger partial charge in [-0.2, -0.15) is 0 Å². The van der Waals surface area contributed by atoms with Gasteiger partial charge < -0.3 is 20.1 Å². The number of nitrogens with two attached hydrogens (primary N) is 1. The number of anilines is 2. The Morgan fingerprint density at radius 3 is 3.00 bits per heavy atom. The summed E-state index contributed by atoms with van der Waals surface area (Å²) in [4.78, 5) is 13.5. The number of rotatable bonds is 2. The highest BCUT2D eigenvalue weighted by atomic mass is 19.1. The number of benzene rings is 1. The van der Waals surface area contributed by atoms with Gasteiger partial charge in [0.25, 0.3) is 0 Å². The minimum Gasteiger partial charge on any atom is -0.465 e. The van der Waals surface area contributed by atoms with Crippen molar-refractivity contribution in [2.45, 2.75) is 19.4 Å². The van der Waals surface area contributed by atoms with Crippen molar-refractivity contribution >= 4 is 17.3 Å². The summed E-state index contributed by atoms with van der Waals surface area (Å²) in [5, 5.41) is 0. The lowest BCUT2D eigenvalue weighted by molar-refractivity contribution is 0.0602. The first-order valence-corrected chi connectivity index (χ1v) is 6.56. The molecule has 0 bridgehead atoms. The van der Waals surface area contributed by atoms with E-state index >= 15 is 0 Å². The van der Waals surface area contributed by atoms with Crippen molar-refractivity contribution in [1.82, 2.24) is 0 Å². The van der Waals surface area contributed by atoms with Crippen molar-refractivity contribution in [3.63, 3.8) is 0 Å². The summed E-state index contributed by atoms with van der Waals surface area (Å²) in [7, 11) is 1.27. The fourth-order valence-corrected chi connectivity index (χ4v) is 2.32. The quantitative estimate of drug-likeness (QED) is 0.662. The van der Waals surface area contributed by atoms with Gasteiger partial charge in [-0.3, -0.25) is 0 Å². The number of nitrogens with zero attached hydrogens (tertiary/aromatic N) is 1. The van der Waals surface area contributed by atoms with E-state index in [1.807, 2.05) is 11.8 Å². The van der Waals surface area contributed by atoms with E-state index in [4.69, 9.17) is 10.5 Å². The van der Waals surface area contributed by atoms with Crippen LogP contribution in [0.4, 0.5) is 15.8 Å². The molecule has 1 atom stereocenters. The molecule has 1 heterocycles. The van der Waals surface area contributed by atoms with Crippen molar-refractivity contribution in [1.29, 1.82) is 0 Å². The van der Waals surface area contributed by atoms with Crippen molar-refractivity contribution in [3.8, 4) is 0 Å². The minimum absolute atomic E-state index is 0.0102. The molecule has 2 rings (SSSR count). The Kier molecular flexibility index (Phi) is 4.44. The predicted octanol–water partition coefficient (Wildman–Crippen LogP) is 1.81. The van der Waals surface area contributed by atoms with Gasteiger partial charge in [0.1, 0.15) is 5.82 Å². The second kappa shape index (κ2) is 6.09. The van der Waals surface area contributed by atoms with Crippen LogP contribution in [0.25, 0.3) is 0 Å². The highest BCUT2D eigenvalue weighted by Gasteiger charge is 2.21. The fraction of sp³-hybridized carbons (Fsp3) is 0.500. The summed E-state index contributed by atoms with van der Waals surface area (Å²) in [6.45, 7) is 3.83. The summed E-state index contributed by atoms with van der Waals surface area (Å²) in [6, 6.07) is 2.62. The first-order chi connectivity index (χ1) is 9.52. The van der Waals surface area contributed by atoms with Crippen molar-refractivity contribution in [2.75, 3.05) is 37.4 Å². The number of esters is 1. The van der Waals surface area contributed by atoms with Gasteiger partial charge in [-0.15, -0.1) is 0 Å². The number of ether oxygens (including phenoxy) is 2. The molecular weight excluding hydrogens is 263 g/mol. The SMILES string of the molecule is COC(=O)c1cc(N2CCCOC(C)C2)c(F)cc1N. The Bertz CT molecular complexity index is 507. The number of halogens is 1. The fourth-order valence-electron chi connectivity index (χ4n) is 2.32. The maximum Gasteiger partial charge on any atom is 0.340 e. The van der Waals surface area contributed by atoms with E-state index in [0.717, 1.165) is 12.5 Å². The number of methoxy groups -OCH3 is 1. The molecule has 1 fully saturated rings. The van der Waals surface area contributed by atoms with E-state index in [0.29, 0.717) is 25.4 Å². The van der Waals surface area contributed by atoms with Gasteiger partial charge >= 0.3 is 5.97 Å². The summed E-state index contributed by atoms with van der Waals surface area (Å²) in [5.41, 5.74) is 6.29. The number of carbonyl (C=O) groups excluding carboxylic acids is 1. The number of nitrogen functional groups attached to an aromatic ring is 1. The van der Waals surface area contributed by atoms with Crippen molar-refractivity contribution in [3.05, 3.63) is 23.5 Å². The summed E-state index contributed by atoms with van der Waals surface area (Å²) < 4.78 is 24.3. The van der Waals surface area contributed by atoms with E-state index in [2.05, 4.69) is 4.74 Å². The largest absolute Gasteiger partial charge is 0.465 e. The molecule has 1 aromatic rings. The van der Waals surface area contributed by atoms with Crippen LogP contribution in [0.1, 0.15) is 23.7 Å². The normalized spacial score (nSPS) is 19.6. The lowest BCUT2D eigenvalue weighted by Crippen LogP contribution is -2.31. The molecular formula is C14H19FN2O3. The smallest absolute Gasteiger partial charge is 0.340 e. The second-order valence-corrected chi connectivity index (χ2v) is 4.86. The third kappa shape index (κ3) is 3.01. The Morgan fingerprint density at radius 1 is 1.55 bits per heavy atom. The van der Waals surface area contributed by atoms with E-state index in [9.17, 15) is 9.18 Å². The zero-order valence-electron chi connectivity index (χ0n) is 11.7. The molecule has 0 aliphatic carbocycles. The molecule has 1 saturated heterocycles. The van der Waals surface area contributed by atoms with Gasteiger partial charge in [-0.1, -0.05) is 0 Å². The topological polar surface area (TPSA) is 64.8 Å². The predicted molar refractivity (Wildman–Crippen MR) is 74.4 cm³/mol. The average Bonchev–Trinajstić information content (AvgIpc) is 2.62. The highest BCUT2D eigenvalue weighted by molar-refractivity contribution is 5.96. The van der Waals surface area contributed by atoms with Crippen LogP contribution in [0.15, 0.2) is 12.1 Å². The van der Waals surface area contributed by atoms with Crippen LogP contribution in [-0.2, 0) is 9.47 Å². The number of hydrogen-bond acceptors (Lipinski definition) is 5. The monoisotopic (exact) mass is 282 g/mol. The lowest BCUT2D eigenvalue weighted by atomic mass is 10.1. The molecule has 0 aromatic heterocycles. The molecule has 1 aromatic carbocycles. The van der Waals surface area contributed by atoms with Gasteiger partial charge in [0.05, 0.1) is 24.5 Å². The maximum absolute atomic E-state index is 14.1. The second-order valence-electron chi connectivity index (χ2n) is 4.86. The molecule has 1 unspecified atom stereocenters. The standard InChI is InChI=1S/C14H19FN2O3/c1-9-8-17(4-3-5-20-9)13-6-10(14(18)19-2)12(16)7-11(13)15/h6-7,9H,3-5,8,16H2,1-2H3. The van der Waals surface area contributed by atoms with E-state index in [1.165, 1.54) is 13.2 Å². The van der Waals surface area contributed by atoms with Gasteiger partial charge in [-0.25, -0.2) is 9.18 Å². The van der Waals surface area contributed by atoms with E-state index in [1.54, 1.807) is 0 Å². The molecule has 20 heavy (non-hydrogen) atoms. The van der Waals surface area contributed by atoms with Crippen LogP contribution in [0.5, 0.6) is 0 Å². The first kappa shape index (κ1) is 14.6. The Balaban J connectivity index is 2.37. The van der Waals surface area contributed by atoms with Crippen molar-refractivity contribution in [2.24, 2.45) is 0 Å². The zero-order valence-corrected chi connectivity index (χ0v) is 11.7. The van der Waals surface area contributed by atoms with Crippen LogP contribution in [0, 0.1) is 5.82 Å². The Labute approximate surface area is 117 Å². The van der Waals surface area contributed by atoms with Gasteiger partial charge in [-0.05, 0) is 25.5 Å². The molecule has 0 amide bonds. The average molecular weight is 282 g/mol. The van der Waals surface area contributed by atoms with Crippen LogP contribution >= 0.6 is 0 Å². The molecule has 2 N–H and O–H groups in total. The minimum atomic E-state index is -0.567. The molecule has 110 valence electrons. The van der Waals surface area contributed by atoms with Crippen LogP contribution < -0.4 is 10.6 Å². The first-order valence-electron chi connectivity index (χ1n) is 6.56. The molecule has 0 radical (unpaired) electrons. The lowest BCUT2D eigenvalue weighted by Gasteiger charge is -2.25. The molecule has 6 heteroatoms. The summed E-state index contributed by atoms with van der Waals surface area (Å²) >= 11 is 0. The van der Waals surface area contributed by atoms with Gasteiger partial charge in [0, 0.05) is 25.4 Å². The molecule has 5 nitrogen and oxygen atoms in total. The van der Waals surface area contributed by atoms with Crippen molar-refractivity contribution < 1.29 is 18.7 Å². The Morgan fingerprint density at radius 2 is 2.30 bits per heavy atom. The third-order valence-corrected chi connectivity index (χ3v) is 3.32. The Hall–Kier alpha value is -1.82. The number of carbonyl (C=O) groups is 1. The van der Waals surface area contributed by atoms with E-state index < -0.39 is 11.8 Å². The van der Waals surface area contributed by atoms with Gasteiger partial charge in [0.2, 0.25) is 0 Å². The summed E-state index contributed by atoms with van der Waals surface area (Å²) in [5.74, 6) is -1.01. The van der Waals surface area contributed by atoms with Gasteiger partial charge in [0.15, 0.2) is 0 Å². The maximum atomic E-state index is 14.1. The highest BCUT2D eigenvalue weighted by Crippen LogP contribution is 2.27. The van der Waals surface area contributed by atoms with E-state index in [-0.39, 0.29) is 17.4 Å². The molecule has 1 aliphatic heterocycles. The zero-order chi connectivity index (χ0) is 14.7. The van der Waals surface area contributed by atoms with Crippen LogP contribution in [0.3, 0.4) is 0 Å². The number of hydrogen-bond donors (Lipinski definition) is 1. The molecule has 0 saturated carbocycles. The van der Waals surface area contributed by atoms with Crippen LogP contribution in [0.2, 0.25) is 0 Å². The van der Waals surface area contributed by atoms with Crippen LogP contribution in [-0.4, -0.2) is 38.9 Å². The summed E-state index contributed by atoms with van der Waals surface area (Å²) in [6.07, 6.45) is 0.817. The third-order valence-electron chi connectivity index (χ3n) is 3.32. The molecule has 0 spiro atoms. The molecule has 1 aliphatic rings.